The van der Waals surface area contributed by atoms with E-state index in [1.54, 1.807) is 11.3 Å². The molecule has 1 heterocycles. The van der Waals surface area contributed by atoms with E-state index in [0.29, 0.717) is 19.5 Å². The number of amides is 1. The molecule has 1 atom stereocenters. The Hall–Kier alpha value is -0.940. The molecular formula is C11H19N3OS. The lowest BCUT2D eigenvalue weighted by Crippen LogP contribution is -2.27. The maximum atomic E-state index is 11.6. The number of carbonyl (C=O) groups excluding carboxylic acids is 1. The second kappa shape index (κ2) is 6.60. The van der Waals surface area contributed by atoms with Crippen LogP contribution in [0.15, 0.2) is 5.38 Å². The predicted molar refractivity (Wildman–Crippen MR) is 66.2 cm³/mol. The molecule has 0 aromatic carbocycles. The maximum Gasteiger partial charge on any atom is 0.220 e. The van der Waals surface area contributed by atoms with Crippen LogP contribution in [0.5, 0.6) is 0 Å². The summed E-state index contributed by atoms with van der Waals surface area (Å²) in [5.74, 6) is 0.350. The lowest BCUT2D eigenvalue weighted by atomic mass is 10.0. The molecule has 0 aliphatic heterocycles. The largest absolute Gasteiger partial charge is 0.350 e. The number of rotatable bonds is 6. The van der Waals surface area contributed by atoms with Crippen molar-refractivity contribution in [2.24, 2.45) is 11.7 Å². The van der Waals surface area contributed by atoms with E-state index in [1.165, 1.54) is 0 Å². The minimum absolute atomic E-state index is 0.0603. The van der Waals surface area contributed by atoms with Crippen LogP contribution >= 0.6 is 11.3 Å². The SMILES string of the molecule is CCC(CN)CC(=O)NCc1nc(C)cs1. The van der Waals surface area contributed by atoms with Gasteiger partial charge in [0.2, 0.25) is 5.91 Å². The van der Waals surface area contributed by atoms with Gasteiger partial charge in [0.15, 0.2) is 0 Å². The second-order valence-corrected chi connectivity index (χ2v) is 4.82. The summed E-state index contributed by atoms with van der Waals surface area (Å²) >= 11 is 1.57. The lowest BCUT2D eigenvalue weighted by molar-refractivity contribution is -0.122. The number of aromatic nitrogens is 1. The van der Waals surface area contributed by atoms with Gasteiger partial charge in [0.25, 0.3) is 0 Å². The highest BCUT2D eigenvalue weighted by molar-refractivity contribution is 7.09. The van der Waals surface area contributed by atoms with Gasteiger partial charge in [-0.2, -0.15) is 0 Å². The first-order chi connectivity index (χ1) is 7.65. The van der Waals surface area contributed by atoms with E-state index in [9.17, 15) is 4.79 Å². The molecule has 0 bridgehead atoms. The topological polar surface area (TPSA) is 68.0 Å². The van der Waals surface area contributed by atoms with Crippen molar-refractivity contribution in [3.63, 3.8) is 0 Å². The van der Waals surface area contributed by atoms with E-state index in [4.69, 9.17) is 5.73 Å². The molecule has 1 rings (SSSR count). The van der Waals surface area contributed by atoms with Crippen molar-refractivity contribution in [2.75, 3.05) is 6.54 Å². The Bertz CT molecular complexity index is 334. The summed E-state index contributed by atoms with van der Waals surface area (Å²) in [7, 11) is 0. The minimum Gasteiger partial charge on any atom is -0.350 e. The summed E-state index contributed by atoms with van der Waals surface area (Å²) in [4.78, 5) is 15.8. The number of nitrogens with zero attached hydrogens (tertiary/aromatic N) is 1. The number of hydrogen-bond donors (Lipinski definition) is 2. The molecule has 16 heavy (non-hydrogen) atoms. The van der Waals surface area contributed by atoms with E-state index in [1.807, 2.05) is 12.3 Å². The third-order valence-electron chi connectivity index (χ3n) is 2.49. The number of hydrogen-bond acceptors (Lipinski definition) is 4. The zero-order valence-corrected chi connectivity index (χ0v) is 10.6. The maximum absolute atomic E-state index is 11.6. The highest BCUT2D eigenvalue weighted by Gasteiger charge is 2.10. The Balaban J connectivity index is 2.30. The molecule has 1 aromatic rings. The highest BCUT2D eigenvalue weighted by atomic mass is 32.1. The molecule has 0 radical (unpaired) electrons. The van der Waals surface area contributed by atoms with Crippen LogP contribution in [0.3, 0.4) is 0 Å². The molecule has 0 spiro atoms. The highest BCUT2D eigenvalue weighted by Crippen LogP contribution is 2.09. The van der Waals surface area contributed by atoms with Gasteiger partial charge in [-0.1, -0.05) is 13.3 Å². The van der Waals surface area contributed by atoms with Crippen molar-refractivity contribution in [1.82, 2.24) is 10.3 Å². The average Bonchev–Trinajstić information content (AvgIpc) is 2.69. The van der Waals surface area contributed by atoms with Crippen molar-refractivity contribution in [3.8, 4) is 0 Å². The van der Waals surface area contributed by atoms with Gasteiger partial charge in [-0.3, -0.25) is 4.79 Å². The van der Waals surface area contributed by atoms with Gasteiger partial charge in [0.1, 0.15) is 5.01 Å². The molecule has 1 unspecified atom stereocenters. The quantitative estimate of drug-likeness (QED) is 0.792. The van der Waals surface area contributed by atoms with Crippen LogP contribution in [0.25, 0.3) is 0 Å². The van der Waals surface area contributed by atoms with Crippen LogP contribution in [-0.4, -0.2) is 17.4 Å². The van der Waals surface area contributed by atoms with Crippen molar-refractivity contribution >= 4 is 17.2 Å². The summed E-state index contributed by atoms with van der Waals surface area (Å²) in [6.07, 6.45) is 1.46. The van der Waals surface area contributed by atoms with Crippen molar-refractivity contribution in [2.45, 2.75) is 33.2 Å². The Labute approximate surface area is 100 Å². The Kier molecular flexibility index (Phi) is 5.42. The monoisotopic (exact) mass is 241 g/mol. The first-order valence-electron chi connectivity index (χ1n) is 5.53. The van der Waals surface area contributed by atoms with Gasteiger partial charge < -0.3 is 11.1 Å². The Morgan fingerprint density at radius 3 is 2.94 bits per heavy atom. The smallest absolute Gasteiger partial charge is 0.220 e. The van der Waals surface area contributed by atoms with Gasteiger partial charge in [-0.15, -0.1) is 11.3 Å². The summed E-state index contributed by atoms with van der Waals surface area (Å²) in [6, 6.07) is 0. The standard InChI is InChI=1S/C11H19N3OS/c1-3-9(5-12)4-10(15)13-6-11-14-8(2)7-16-11/h7,9H,3-6,12H2,1-2H3,(H,13,15). The van der Waals surface area contributed by atoms with E-state index < -0.39 is 0 Å². The fraction of sp³-hybridized carbons (Fsp3) is 0.636. The molecule has 0 saturated carbocycles. The zero-order valence-electron chi connectivity index (χ0n) is 9.82. The van der Waals surface area contributed by atoms with E-state index in [0.717, 1.165) is 17.1 Å². The number of carbonyl (C=O) groups is 1. The first-order valence-corrected chi connectivity index (χ1v) is 6.41. The molecule has 90 valence electrons. The van der Waals surface area contributed by atoms with Crippen molar-refractivity contribution in [3.05, 3.63) is 16.1 Å². The molecule has 0 aliphatic carbocycles. The van der Waals surface area contributed by atoms with E-state index in [-0.39, 0.29) is 11.8 Å². The molecule has 0 fully saturated rings. The molecule has 1 amide bonds. The van der Waals surface area contributed by atoms with E-state index in [2.05, 4.69) is 17.2 Å². The number of thiazole rings is 1. The van der Waals surface area contributed by atoms with E-state index >= 15 is 0 Å². The van der Waals surface area contributed by atoms with Crippen LogP contribution in [0.2, 0.25) is 0 Å². The van der Waals surface area contributed by atoms with Gasteiger partial charge in [-0.25, -0.2) is 4.98 Å². The van der Waals surface area contributed by atoms with Crippen LogP contribution in [0.4, 0.5) is 0 Å². The van der Waals surface area contributed by atoms with Crippen LogP contribution < -0.4 is 11.1 Å². The summed E-state index contributed by atoms with van der Waals surface area (Å²) < 4.78 is 0. The molecular weight excluding hydrogens is 222 g/mol. The third-order valence-corrected chi connectivity index (χ3v) is 3.45. The van der Waals surface area contributed by atoms with Crippen molar-refractivity contribution in [1.29, 1.82) is 0 Å². The fourth-order valence-electron chi connectivity index (χ4n) is 1.39. The number of nitrogens with one attached hydrogen (secondary N) is 1. The molecule has 0 saturated heterocycles. The Morgan fingerprint density at radius 2 is 2.44 bits per heavy atom. The third kappa shape index (κ3) is 4.28. The van der Waals surface area contributed by atoms with Crippen LogP contribution in [0, 0.1) is 12.8 Å². The fourth-order valence-corrected chi connectivity index (χ4v) is 2.10. The molecule has 5 heteroatoms. The van der Waals surface area contributed by atoms with Gasteiger partial charge in [-0.05, 0) is 19.4 Å². The summed E-state index contributed by atoms with van der Waals surface area (Å²) in [5.41, 5.74) is 6.55. The predicted octanol–water partition coefficient (Wildman–Crippen LogP) is 1.44. The lowest BCUT2D eigenvalue weighted by Gasteiger charge is -2.11. The van der Waals surface area contributed by atoms with Gasteiger partial charge in [0.05, 0.1) is 6.54 Å². The Morgan fingerprint density at radius 1 is 1.69 bits per heavy atom. The number of nitrogens with two attached hydrogens (primary N) is 1. The molecule has 3 N–H and O–H groups in total. The second-order valence-electron chi connectivity index (χ2n) is 3.87. The molecule has 1 aromatic heterocycles. The van der Waals surface area contributed by atoms with Crippen LogP contribution in [-0.2, 0) is 11.3 Å². The first kappa shape index (κ1) is 13.1. The van der Waals surface area contributed by atoms with Crippen molar-refractivity contribution < 1.29 is 4.79 Å². The molecule has 0 aliphatic rings. The average molecular weight is 241 g/mol. The van der Waals surface area contributed by atoms with Crippen LogP contribution in [0.1, 0.15) is 30.5 Å². The molecule has 4 nitrogen and oxygen atoms in total. The number of aryl methyl sites for hydroxylation is 1. The summed E-state index contributed by atoms with van der Waals surface area (Å²) in [5, 5.41) is 5.80. The van der Waals surface area contributed by atoms with Gasteiger partial charge >= 0.3 is 0 Å². The minimum atomic E-state index is 0.0603. The summed E-state index contributed by atoms with van der Waals surface area (Å²) in [6.45, 7) is 5.09. The normalized spacial score (nSPS) is 12.4. The van der Waals surface area contributed by atoms with Gasteiger partial charge in [0, 0.05) is 17.5 Å². The zero-order chi connectivity index (χ0) is 12.0.